The highest BCUT2D eigenvalue weighted by Crippen LogP contribution is 2.21. The average Bonchev–Trinajstić information content (AvgIpc) is 2.65. The molecular weight excluding hydrogens is 354 g/mol. The van der Waals surface area contributed by atoms with Crippen LogP contribution in [0.1, 0.15) is 31.1 Å². The number of carbonyl (C=O) groups excluding carboxylic acids is 2. The lowest BCUT2D eigenvalue weighted by atomic mass is 10.1. The molecule has 2 amide bonds. The van der Waals surface area contributed by atoms with Crippen LogP contribution in [0.3, 0.4) is 0 Å². The summed E-state index contributed by atoms with van der Waals surface area (Å²) in [4.78, 5) is 36.7. The van der Waals surface area contributed by atoms with Crippen molar-refractivity contribution in [2.45, 2.75) is 27.3 Å². The fourth-order valence-corrected chi connectivity index (χ4v) is 3.07. The number of nitrogens with one attached hydrogen (secondary N) is 2. The quantitative estimate of drug-likeness (QED) is 0.642. The summed E-state index contributed by atoms with van der Waals surface area (Å²) in [6, 6.07) is 13.5. The largest absolute Gasteiger partial charge is 0.323 e. The van der Waals surface area contributed by atoms with Crippen LogP contribution in [0.2, 0.25) is 0 Å². The van der Waals surface area contributed by atoms with Crippen molar-refractivity contribution in [1.82, 2.24) is 4.57 Å². The van der Waals surface area contributed by atoms with E-state index in [2.05, 4.69) is 10.6 Å². The van der Waals surface area contributed by atoms with Gasteiger partial charge in [0.25, 0.3) is 5.56 Å². The summed E-state index contributed by atoms with van der Waals surface area (Å²) in [7, 11) is 0. The van der Waals surface area contributed by atoms with Gasteiger partial charge in [0.2, 0.25) is 0 Å². The topological polar surface area (TPSA) is 80.2 Å². The average molecular weight is 377 g/mol. The molecule has 0 spiro atoms. The Morgan fingerprint density at radius 2 is 1.71 bits per heavy atom. The zero-order chi connectivity index (χ0) is 20.3. The van der Waals surface area contributed by atoms with Crippen LogP contribution in [0.25, 0.3) is 10.8 Å². The number of fused-ring (bicyclic) bond motifs is 1. The predicted octanol–water partition coefficient (Wildman–Crippen LogP) is 4.50. The van der Waals surface area contributed by atoms with Crippen molar-refractivity contribution in [2.24, 2.45) is 5.92 Å². The standard InChI is InChI=1S/C22H23N3O3/c1-14(2)12-25-13-20(18-9-4-5-10-19(18)21(25)27)24-22(28)23-17-8-6-7-16(11-17)15(3)26/h4-11,13-14H,12H2,1-3H3,(H2,23,24,28). The van der Waals surface area contributed by atoms with E-state index in [-0.39, 0.29) is 17.3 Å². The Balaban J connectivity index is 1.92. The van der Waals surface area contributed by atoms with Crippen LogP contribution in [0.15, 0.2) is 59.5 Å². The van der Waals surface area contributed by atoms with Crippen LogP contribution in [-0.4, -0.2) is 16.4 Å². The second kappa shape index (κ2) is 8.08. The summed E-state index contributed by atoms with van der Waals surface area (Å²) in [5, 5.41) is 6.80. The monoisotopic (exact) mass is 377 g/mol. The van der Waals surface area contributed by atoms with Gasteiger partial charge in [-0.2, -0.15) is 0 Å². The molecule has 6 heteroatoms. The first-order chi connectivity index (χ1) is 13.3. The number of aromatic nitrogens is 1. The van der Waals surface area contributed by atoms with Gasteiger partial charge in [-0.25, -0.2) is 4.79 Å². The van der Waals surface area contributed by atoms with E-state index in [1.807, 2.05) is 26.0 Å². The molecule has 0 saturated heterocycles. The minimum Gasteiger partial charge on any atom is -0.313 e. The zero-order valence-electron chi connectivity index (χ0n) is 16.2. The summed E-state index contributed by atoms with van der Waals surface area (Å²) in [5.74, 6) is 0.214. The first kappa shape index (κ1) is 19.4. The Morgan fingerprint density at radius 3 is 2.39 bits per heavy atom. The summed E-state index contributed by atoms with van der Waals surface area (Å²) < 4.78 is 1.62. The van der Waals surface area contributed by atoms with E-state index < -0.39 is 6.03 Å². The molecule has 0 bridgehead atoms. The lowest BCUT2D eigenvalue weighted by Gasteiger charge is -2.15. The smallest absolute Gasteiger partial charge is 0.313 e. The minimum absolute atomic E-state index is 0.0733. The molecule has 1 aromatic heterocycles. The van der Waals surface area contributed by atoms with Crippen molar-refractivity contribution >= 4 is 34.0 Å². The Kier molecular flexibility index (Phi) is 5.59. The molecule has 0 radical (unpaired) electrons. The first-order valence-corrected chi connectivity index (χ1v) is 9.16. The van der Waals surface area contributed by atoms with Crippen LogP contribution in [0, 0.1) is 5.92 Å². The molecule has 3 rings (SSSR count). The molecule has 0 saturated carbocycles. The maximum absolute atomic E-state index is 12.7. The van der Waals surface area contributed by atoms with E-state index in [0.717, 1.165) is 0 Å². The van der Waals surface area contributed by atoms with Crippen LogP contribution < -0.4 is 16.2 Å². The fraction of sp³-hybridized carbons (Fsp3) is 0.227. The molecule has 0 aliphatic carbocycles. The number of benzene rings is 2. The third kappa shape index (κ3) is 4.28. The molecule has 0 aliphatic rings. The maximum Gasteiger partial charge on any atom is 0.323 e. The van der Waals surface area contributed by atoms with Crippen molar-refractivity contribution in [3.63, 3.8) is 0 Å². The van der Waals surface area contributed by atoms with Gasteiger partial charge in [0, 0.05) is 34.8 Å². The third-order valence-electron chi connectivity index (χ3n) is 4.33. The zero-order valence-corrected chi connectivity index (χ0v) is 16.2. The molecule has 28 heavy (non-hydrogen) atoms. The Morgan fingerprint density at radius 1 is 1.00 bits per heavy atom. The summed E-state index contributed by atoms with van der Waals surface area (Å²) in [6.07, 6.45) is 1.68. The van der Waals surface area contributed by atoms with E-state index in [1.54, 1.807) is 47.2 Å². The second-order valence-electron chi connectivity index (χ2n) is 7.16. The lowest BCUT2D eigenvalue weighted by Crippen LogP contribution is -2.25. The van der Waals surface area contributed by atoms with Crippen molar-refractivity contribution < 1.29 is 9.59 Å². The number of hydrogen-bond donors (Lipinski definition) is 2. The normalized spacial score (nSPS) is 10.9. The van der Waals surface area contributed by atoms with Crippen molar-refractivity contribution in [1.29, 1.82) is 0 Å². The van der Waals surface area contributed by atoms with Crippen LogP contribution in [-0.2, 0) is 6.54 Å². The van der Waals surface area contributed by atoms with E-state index in [1.165, 1.54) is 6.92 Å². The number of hydrogen-bond acceptors (Lipinski definition) is 3. The second-order valence-corrected chi connectivity index (χ2v) is 7.16. The molecular formula is C22H23N3O3. The maximum atomic E-state index is 12.7. The number of anilines is 2. The van der Waals surface area contributed by atoms with Crippen LogP contribution in [0.5, 0.6) is 0 Å². The summed E-state index contributed by atoms with van der Waals surface area (Å²) in [5.41, 5.74) is 1.51. The predicted molar refractivity (Wildman–Crippen MR) is 112 cm³/mol. The number of carbonyl (C=O) groups is 2. The molecule has 2 aromatic carbocycles. The van der Waals surface area contributed by atoms with E-state index in [0.29, 0.717) is 34.3 Å². The number of ketones is 1. The van der Waals surface area contributed by atoms with Crippen LogP contribution >= 0.6 is 0 Å². The van der Waals surface area contributed by atoms with Gasteiger partial charge in [-0.1, -0.05) is 44.2 Å². The Hall–Kier alpha value is -3.41. The highest BCUT2D eigenvalue weighted by Gasteiger charge is 2.12. The molecule has 0 atom stereocenters. The van der Waals surface area contributed by atoms with Gasteiger partial charge in [0.05, 0.1) is 5.69 Å². The van der Waals surface area contributed by atoms with Crippen molar-refractivity contribution in [2.75, 3.05) is 10.6 Å². The first-order valence-electron chi connectivity index (χ1n) is 9.16. The number of urea groups is 1. The Bertz CT molecular complexity index is 1100. The van der Waals surface area contributed by atoms with E-state index in [4.69, 9.17) is 0 Å². The minimum atomic E-state index is -0.444. The molecule has 1 heterocycles. The Labute approximate surface area is 163 Å². The molecule has 6 nitrogen and oxygen atoms in total. The lowest BCUT2D eigenvalue weighted by molar-refractivity contribution is 0.101. The molecule has 0 fully saturated rings. The van der Waals surface area contributed by atoms with Crippen molar-refractivity contribution in [3.8, 4) is 0 Å². The van der Waals surface area contributed by atoms with Gasteiger partial charge in [-0.3, -0.25) is 9.59 Å². The highest BCUT2D eigenvalue weighted by molar-refractivity contribution is 6.06. The van der Waals surface area contributed by atoms with Crippen molar-refractivity contribution in [3.05, 3.63) is 70.6 Å². The van der Waals surface area contributed by atoms with Gasteiger partial charge in [0.1, 0.15) is 0 Å². The fourth-order valence-electron chi connectivity index (χ4n) is 3.07. The van der Waals surface area contributed by atoms with Gasteiger partial charge < -0.3 is 15.2 Å². The number of Topliss-reactive ketones (excluding diaryl/α,β-unsaturated/α-hetero) is 1. The molecule has 0 unspecified atom stereocenters. The third-order valence-corrected chi connectivity index (χ3v) is 4.33. The number of pyridine rings is 1. The molecule has 0 aliphatic heterocycles. The van der Waals surface area contributed by atoms with Gasteiger partial charge in [0.15, 0.2) is 5.78 Å². The summed E-state index contributed by atoms with van der Waals surface area (Å²) in [6.45, 7) is 6.09. The van der Waals surface area contributed by atoms with E-state index in [9.17, 15) is 14.4 Å². The summed E-state index contributed by atoms with van der Waals surface area (Å²) >= 11 is 0. The number of amides is 2. The van der Waals surface area contributed by atoms with Crippen LogP contribution in [0.4, 0.5) is 16.2 Å². The van der Waals surface area contributed by atoms with Gasteiger partial charge in [-0.05, 0) is 31.0 Å². The van der Waals surface area contributed by atoms with Gasteiger partial charge in [-0.15, -0.1) is 0 Å². The highest BCUT2D eigenvalue weighted by atomic mass is 16.2. The number of nitrogens with zero attached hydrogens (tertiary/aromatic N) is 1. The molecule has 2 N–H and O–H groups in total. The number of rotatable bonds is 5. The van der Waals surface area contributed by atoms with Gasteiger partial charge >= 0.3 is 6.03 Å². The SMILES string of the molecule is CC(=O)c1cccc(NC(=O)Nc2cn(CC(C)C)c(=O)c3ccccc23)c1. The van der Waals surface area contributed by atoms with E-state index >= 15 is 0 Å². The molecule has 144 valence electrons. The molecule has 3 aromatic rings.